The third-order valence-electron chi connectivity index (χ3n) is 2.18. The molecule has 0 spiro atoms. The number of ketones is 1. The lowest BCUT2D eigenvalue weighted by atomic mass is 10.0. The molecule has 0 aliphatic carbocycles. The first-order valence-electron chi connectivity index (χ1n) is 4.61. The highest BCUT2D eigenvalue weighted by Crippen LogP contribution is 2.28. The Morgan fingerprint density at radius 3 is 2.60 bits per heavy atom. The molecule has 0 aliphatic rings. The van der Waals surface area contributed by atoms with Gasteiger partial charge in [-0.25, -0.2) is 0 Å². The van der Waals surface area contributed by atoms with Crippen molar-refractivity contribution in [3.05, 3.63) is 28.3 Å². The minimum atomic E-state index is -0.519. The average Bonchev–Trinajstić information content (AvgIpc) is 2.17. The number of hydrogen-bond donors (Lipinski definition) is 1. The Kier molecular flexibility index (Phi) is 3.72. The summed E-state index contributed by atoms with van der Waals surface area (Å²) < 4.78 is 5.05. The van der Waals surface area contributed by atoms with Gasteiger partial charge in [-0.1, -0.05) is 11.6 Å². The van der Waals surface area contributed by atoms with E-state index in [1.807, 2.05) is 6.92 Å². The molecule has 15 heavy (non-hydrogen) atoms. The van der Waals surface area contributed by atoms with Gasteiger partial charge in [-0.15, -0.1) is 0 Å². The van der Waals surface area contributed by atoms with Crippen LogP contribution in [0.25, 0.3) is 0 Å². The highest BCUT2D eigenvalue weighted by Gasteiger charge is 2.16. The fraction of sp³-hybridized carbons (Fsp3) is 0.364. The second-order valence-corrected chi connectivity index (χ2v) is 3.86. The van der Waals surface area contributed by atoms with E-state index < -0.39 is 6.04 Å². The minimum Gasteiger partial charge on any atom is -0.495 e. The van der Waals surface area contributed by atoms with Crippen LogP contribution in [0.5, 0.6) is 5.75 Å². The zero-order valence-corrected chi connectivity index (χ0v) is 9.76. The Balaban J connectivity index is 3.24. The molecule has 0 bridgehead atoms. The van der Waals surface area contributed by atoms with Crippen LogP contribution in [0.1, 0.15) is 22.8 Å². The number of nitrogens with two attached hydrogens (primary N) is 1. The Morgan fingerprint density at radius 1 is 1.53 bits per heavy atom. The number of aryl methyl sites for hydroxylation is 1. The van der Waals surface area contributed by atoms with Gasteiger partial charge in [0, 0.05) is 5.56 Å². The SMILES string of the molecule is COc1cc(C(=O)C(C)N)c(C)cc1Cl. The topological polar surface area (TPSA) is 52.3 Å². The van der Waals surface area contributed by atoms with Crippen molar-refractivity contribution in [3.63, 3.8) is 0 Å². The quantitative estimate of drug-likeness (QED) is 0.806. The van der Waals surface area contributed by atoms with Crippen LogP contribution in [-0.4, -0.2) is 18.9 Å². The van der Waals surface area contributed by atoms with Gasteiger partial charge in [0.05, 0.1) is 18.2 Å². The van der Waals surface area contributed by atoms with Gasteiger partial charge in [0.15, 0.2) is 5.78 Å². The minimum absolute atomic E-state index is 0.109. The fourth-order valence-corrected chi connectivity index (χ4v) is 1.62. The first-order chi connectivity index (χ1) is 6.97. The maximum absolute atomic E-state index is 11.7. The van der Waals surface area contributed by atoms with Crippen LogP contribution in [0.4, 0.5) is 0 Å². The standard InChI is InChI=1S/C11H14ClNO2/c1-6-4-9(12)10(15-3)5-8(6)11(14)7(2)13/h4-5,7H,13H2,1-3H3. The summed E-state index contributed by atoms with van der Waals surface area (Å²) >= 11 is 5.92. The molecule has 0 aliphatic heterocycles. The van der Waals surface area contributed by atoms with Crippen molar-refractivity contribution in [1.82, 2.24) is 0 Å². The molecule has 0 saturated heterocycles. The molecule has 0 fully saturated rings. The second kappa shape index (κ2) is 4.64. The zero-order valence-electron chi connectivity index (χ0n) is 9.00. The molecule has 0 amide bonds. The predicted octanol–water partition coefficient (Wildman–Crippen LogP) is 2.19. The number of hydrogen-bond acceptors (Lipinski definition) is 3. The number of ether oxygens (including phenoxy) is 1. The van der Waals surface area contributed by atoms with Gasteiger partial charge in [-0.3, -0.25) is 4.79 Å². The molecule has 2 N–H and O–H groups in total. The van der Waals surface area contributed by atoms with Crippen LogP contribution in [0, 0.1) is 6.92 Å². The van der Waals surface area contributed by atoms with Crippen molar-refractivity contribution in [1.29, 1.82) is 0 Å². The van der Waals surface area contributed by atoms with Gasteiger partial charge < -0.3 is 10.5 Å². The highest BCUT2D eigenvalue weighted by atomic mass is 35.5. The summed E-state index contributed by atoms with van der Waals surface area (Å²) in [6.07, 6.45) is 0. The maximum atomic E-state index is 11.7. The molecular formula is C11H14ClNO2. The largest absolute Gasteiger partial charge is 0.495 e. The molecule has 4 heteroatoms. The van der Waals surface area contributed by atoms with E-state index in [0.29, 0.717) is 16.3 Å². The summed E-state index contributed by atoms with van der Waals surface area (Å²) in [5.41, 5.74) is 6.91. The third-order valence-corrected chi connectivity index (χ3v) is 2.47. The molecule has 1 aromatic rings. The molecule has 0 radical (unpaired) electrons. The van der Waals surface area contributed by atoms with Crippen molar-refractivity contribution in [3.8, 4) is 5.75 Å². The van der Waals surface area contributed by atoms with Gasteiger partial charge in [0.1, 0.15) is 5.75 Å². The van der Waals surface area contributed by atoms with E-state index in [1.165, 1.54) is 7.11 Å². The van der Waals surface area contributed by atoms with Crippen molar-refractivity contribution < 1.29 is 9.53 Å². The molecule has 1 rings (SSSR count). The summed E-state index contributed by atoms with van der Waals surface area (Å²) in [5, 5.41) is 0.497. The fourth-order valence-electron chi connectivity index (χ4n) is 1.32. The average molecular weight is 228 g/mol. The molecule has 1 aromatic carbocycles. The smallest absolute Gasteiger partial charge is 0.179 e. The Hall–Kier alpha value is -1.06. The zero-order chi connectivity index (χ0) is 11.6. The van der Waals surface area contributed by atoms with Crippen LogP contribution in [-0.2, 0) is 0 Å². The van der Waals surface area contributed by atoms with E-state index >= 15 is 0 Å². The van der Waals surface area contributed by atoms with E-state index in [2.05, 4.69) is 0 Å². The Labute approximate surface area is 94.2 Å². The number of Topliss-reactive ketones (excluding diaryl/α,β-unsaturated/α-hetero) is 1. The van der Waals surface area contributed by atoms with Crippen LogP contribution in [0.3, 0.4) is 0 Å². The Morgan fingerprint density at radius 2 is 2.13 bits per heavy atom. The van der Waals surface area contributed by atoms with Gasteiger partial charge in [0.2, 0.25) is 0 Å². The lowest BCUT2D eigenvalue weighted by Crippen LogP contribution is -2.27. The summed E-state index contributed by atoms with van der Waals surface area (Å²) in [6.45, 7) is 3.48. The molecule has 0 heterocycles. The van der Waals surface area contributed by atoms with Crippen LogP contribution < -0.4 is 10.5 Å². The van der Waals surface area contributed by atoms with E-state index in [0.717, 1.165) is 5.56 Å². The molecule has 82 valence electrons. The molecule has 1 atom stereocenters. The summed E-state index contributed by atoms with van der Waals surface area (Å²) in [7, 11) is 1.51. The van der Waals surface area contributed by atoms with Crippen molar-refractivity contribution in [2.24, 2.45) is 5.73 Å². The van der Waals surface area contributed by atoms with E-state index in [9.17, 15) is 4.79 Å². The van der Waals surface area contributed by atoms with Gasteiger partial charge >= 0.3 is 0 Å². The lowest BCUT2D eigenvalue weighted by molar-refractivity contribution is 0.0967. The van der Waals surface area contributed by atoms with Crippen LogP contribution in [0.2, 0.25) is 5.02 Å². The Bertz CT molecular complexity index is 388. The third kappa shape index (κ3) is 2.49. The monoisotopic (exact) mass is 227 g/mol. The van der Waals surface area contributed by atoms with Crippen LogP contribution >= 0.6 is 11.6 Å². The number of rotatable bonds is 3. The van der Waals surface area contributed by atoms with Crippen molar-refractivity contribution in [2.75, 3.05) is 7.11 Å². The first kappa shape index (κ1) is 12.0. The molecule has 1 unspecified atom stereocenters. The normalized spacial score (nSPS) is 12.3. The van der Waals surface area contributed by atoms with Crippen molar-refractivity contribution >= 4 is 17.4 Å². The molecule has 0 saturated carbocycles. The molecule has 0 aromatic heterocycles. The van der Waals surface area contributed by atoms with E-state index in [1.54, 1.807) is 19.1 Å². The van der Waals surface area contributed by atoms with Crippen molar-refractivity contribution in [2.45, 2.75) is 19.9 Å². The summed E-state index contributed by atoms with van der Waals surface area (Å²) in [4.78, 5) is 11.7. The lowest BCUT2D eigenvalue weighted by Gasteiger charge is -2.11. The number of halogens is 1. The van der Waals surface area contributed by atoms with Gasteiger partial charge in [-0.05, 0) is 31.5 Å². The number of benzene rings is 1. The first-order valence-corrected chi connectivity index (χ1v) is 4.99. The van der Waals surface area contributed by atoms with Gasteiger partial charge in [-0.2, -0.15) is 0 Å². The predicted molar refractivity (Wildman–Crippen MR) is 60.7 cm³/mol. The number of carbonyl (C=O) groups is 1. The maximum Gasteiger partial charge on any atom is 0.179 e. The second-order valence-electron chi connectivity index (χ2n) is 3.45. The molecular weight excluding hydrogens is 214 g/mol. The summed E-state index contributed by atoms with van der Waals surface area (Å²) in [6, 6.07) is 2.81. The highest BCUT2D eigenvalue weighted by molar-refractivity contribution is 6.32. The molecule has 3 nitrogen and oxygen atoms in total. The number of carbonyl (C=O) groups excluding carboxylic acids is 1. The van der Waals surface area contributed by atoms with Gasteiger partial charge in [0.25, 0.3) is 0 Å². The summed E-state index contributed by atoms with van der Waals surface area (Å²) in [5.74, 6) is 0.383. The van der Waals surface area contributed by atoms with E-state index in [-0.39, 0.29) is 5.78 Å². The number of methoxy groups -OCH3 is 1. The van der Waals surface area contributed by atoms with E-state index in [4.69, 9.17) is 22.1 Å². The van der Waals surface area contributed by atoms with Crippen LogP contribution in [0.15, 0.2) is 12.1 Å².